The van der Waals surface area contributed by atoms with Crippen molar-refractivity contribution in [1.29, 1.82) is 0 Å². The molecule has 128 valence electrons. The monoisotopic (exact) mass is 455 g/mol. The molecule has 0 aliphatic rings. The van der Waals surface area contributed by atoms with Crippen molar-refractivity contribution in [1.82, 2.24) is 4.90 Å². The van der Waals surface area contributed by atoms with E-state index in [0.717, 1.165) is 8.95 Å². The van der Waals surface area contributed by atoms with Crippen LogP contribution in [0.25, 0.3) is 0 Å². The molecular weight excluding hydrogens is 438 g/mol. The summed E-state index contributed by atoms with van der Waals surface area (Å²) in [5.41, 5.74) is -0.931. The number of hydrogen-bond donors (Lipinski definition) is 1. The number of carbonyl (C=O) groups is 1. The lowest BCUT2D eigenvalue weighted by molar-refractivity contribution is -0.162. The van der Waals surface area contributed by atoms with Crippen LogP contribution in [-0.4, -0.2) is 43.2 Å². The van der Waals surface area contributed by atoms with Gasteiger partial charge in [-0.2, -0.15) is 0 Å². The lowest BCUT2D eigenvalue weighted by Gasteiger charge is -2.27. The van der Waals surface area contributed by atoms with Crippen molar-refractivity contribution in [3.8, 4) is 0 Å². The van der Waals surface area contributed by atoms with Crippen LogP contribution in [0.2, 0.25) is 0 Å². The highest BCUT2D eigenvalue weighted by Crippen LogP contribution is 2.32. The van der Waals surface area contributed by atoms with Gasteiger partial charge in [-0.05, 0) is 49.5 Å². The van der Waals surface area contributed by atoms with Gasteiger partial charge in [0, 0.05) is 15.5 Å². The van der Waals surface area contributed by atoms with Crippen molar-refractivity contribution < 1.29 is 14.6 Å². The molecule has 0 amide bonds. The molecule has 2 aromatic rings. The van der Waals surface area contributed by atoms with Gasteiger partial charge in [-0.3, -0.25) is 0 Å². The van der Waals surface area contributed by atoms with Crippen LogP contribution < -0.4 is 0 Å². The molecule has 0 bridgehead atoms. The summed E-state index contributed by atoms with van der Waals surface area (Å²) in [4.78, 5) is 14.6. The molecule has 6 heteroatoms. The Balaban J connectivity index is 2.38. The molecule has 2 rings (SSSR count). The zero-order valence-electron chi connectivity index (χ0n) is 13.5. The highest BCUT2D eigenvalue weighted by atomic mass is 79.9. The molecule has 0 aliphatic heterocycles. The Morgan fingerprint density at radius 1 is 1.00 bits per heavy atom. The fraction of sp³-hybridized carbons (Fsp3) is 0.278. The van der Waals surface area contributed by atoms with Crippen LogP contribution in [0.3, 0.4) is 0 Å². The van der Waals surface area contributed by atoms with E-state index in [4.69, 9.17) is 4.74 Å². The van der Waals surface area contributed by atoms with Crippen LogP contribution >= 0.6 is 31.9 Å². The number of likely N-dealkylation sites (N-methyl/N-ethyl adjacent to an activating group) is 1. The molecule has 1 N–H and O–H groups in total. The molecule has 0 saturated heterocycles. The Kier molecular flexibility index (Phi) is 6.57. The minimum absolute atomic E-state index is 0.210. The molecule has 4 nitrogen and oxygen atoms in total. The van der Waals surface area contributed by atoms with Gasteiger partial charge < -0.3 is 14.7 Å². The fourth-order valence-electron chi connectivity index (χ4n) is 2.21. The average Bonchev–Trinajstić information content (AvgIpc) is 2.55. The number of esters is 1. The van der Waals surface area contributed by atoms with Crippen molar-refractivity contribution in [3.63, 3.8) is 0 Å². The highest BCUT2D eigenvalue weighted by Gasteiger charge is 2.41. The summed E-state index contributed by atoms with van der Waals surface area (Å²) < 4.78 is 7.07. The van der Waals surface area contributed by atoms with Gasteiger partial charge in [0.15, 0.2) is 0 Å². The SMILES string of the molecule is CN(C)CCOC(=O)C(O)(c1ccc(Br)cc1)c1ccc(Br)cc1. The zero-order chi connectivity index (χ0) is 17.7. The Morgan fingerprint density at radius 2 is 1.42 bits per heavy atom. The normalized spacial score (nSPS) is 11.6. The molecule has 0 aliphatic carbocycles. The van der Waals surface area contributed by atoms with Gasteiger partial charge in [0.05, 0.1) is 0 Å². The summed E-state index contributed by atoms with van der Waals surface area (Å²) >= 11 is 6.73. The molecule has 0 spiro atoms. The number of benzene rings is 2. The Bertz CT molecular complexity index is 639. The minimum atomic E-state index is -1.85. The second kappa shape index (κ2) is 8.25. The van der Waals surface area contributed by atoms with Gasteiger partial charge >= 0.3 is 5.97 Å². The van der Waals surface area contributed by atoms with Crippen LogP contribution in [0.1, 0.15) is 11.1 Å². The molecule has 0 atom stereocenters. The summed E-state index contributed by atoms with van der Waals surface area (Å²) in [6.07, 6.45) is 0. The van der Waals surface area contributed by atoms with E-state index in [1.54, 1.807) is 48.5 Å². The third-order valence-corrected chi connectivity index (χ3v) is 4.65. The first-order chi connectivity index (χ1) is 11.3. The lowest BCUT2D eigenvalue weighted by Crippen LogP contribution is -2.39. The quantitative estimate of drug-likeness (QED) is 0.675. The van der Waals surface area contributed by atoms with E-state index in [9.17, 15) is 9.90 Å². The molecular formula is C18H19Br2NO3. The minimum Gasteiger partial charge on any atom is -0.462 e. The van der Waals surface area contributed by atoms with Crippen LogP contribution in [-0.2, 0) is 15.1 Å². The van der Waals surface area contributed by atoms with Gasteiger partial charge in [-0.15, -0.1) is 0 Å². The summed E-state index contributed by atoms with van der Waals surface area (Å²) in [5, 5.41) is 11.3. The van der Waals surface area contributed by atoms with Crippen molar-refractivity contribution in [2.75, 3.05) is 27.2 Å². The summed E-state index contributed by atoms with van der Waals surface area (Å²) in [6.45, 7) is 0.795. The molecule has 0 fully saturated rings. The third kappa shape index (κ3) is 4.45. The largest absolute Gasteiger partial charge is 0.462 e. The molecule has 2 aromatic carbocycles. The van der Waals surface area contributed by atoms with Gasteiger partial charge in [-0.25, -0.2) is 4.79 Å². The van der Waals surface area contributed by atoms with Crippen molar-refractivity contribution in [2.24, 2.45) is 0 Å². The zero-order valence-corrected chi connectivity index (χ0v) is 16.7. The maximum Gasteiger partial charge on any atom is 0.347 e. The smallest absolute Gasteiger partial charge is 0.347 e. The Labute approximate surface area is 158 Å². The predicted molar refractivity (Wildman–Crippen MR) is 101 cm³/mol. The summed E-state index contributed by atoms with van der Waals surface area (Å²) in [6, 6.07) is 14.0. The molecule has 0 radical (unpaired) electrons. The topological polar surface area (TPSA) is 49.8 Å². The van der Waals surface area contributed by atoms with E-state index >= 15 is 0 Å². The first-order valence-electron chi connectivity index (χ1n) is 7.40. The number of aliphatic hydroxyl groups is 1. The Hall–Kier alpha value is -1.21. The fourth-order valence-corrected chi connectivity index (χ4v) is 2.74. The average molecular weight is 457 g/mol. The molecule has 0 heterocycles. The number of hydrogen-bond acceptors (Lipinski definition) is 4. The van der Waals surface area contributed by atoms with E-state index in [-0.39, 0.29) is 6.61 Å². The summed E-state index contributed by atoms with van der Waals surface area (Å²) in [5.74, 6) is -0.686. The third-order valence-electron chi connectivity index (χ3n) is 3.59. The molecule has 24 heavy (non-hydrogen) atoms. The first-order valence-corrected chi connectivity index (χ1v) is 8.99. The number of halogens is 2. The maximum absolute atomic E-state index is 12.7. The van der Waals surface area contributed by atoms with Crippen LogP contribution in [0.5, 0.6) is 0 Å². The predicted octanol–water partition coefficient (Wildman–Crippen LogP) is 3.55. The number of carbonyl (C=O) groups excluding carboxylic acids is 1. The van der Waals surface area contributed by atoms with Crippen LogP contribution in [0.15, 0.2) is 57.5 Å². The lowest BCUT2D eigenvalue weighted by atomic mass is 9.86. The van der Waals surface area contributed by atoms with E-state index in [1.807, 2.05) is 19.0 Å². The van der Waals surface area contributed by atoms with Gasteiger partial charge in [0.25, 0.3) is 0 Å². The second-order valence-corrected chi connectivity index (χ2v) is 7.49. The number of rotatable bonds is 6. The van der Waals surface area contributed by atoms with Crippen LogP contribution in [0.4, 0.5) is 0 Å². The number of ether oxygens (including phenoxy) is 1. The van der Waals surface area contributed by atoms with Crippen molar-refractivity contribution in [3.05, 3.63) is 68.6 Å². The van der Waals surface area contributed by atoms with Gasteiger partial charge in [-0.1, -0.05) is 56.1 Å². The van der Waals surface area contributed by atoms with E-state index < -0.39 is 11.6 Å². The van der Waals surface area contributed by atoms with Crippen LogP contribution in [0, 0.1) is 0 Å². The Morgan fingerprint density at radius 3 is 1.79 bits per heavy atom. The summed E-state index contributed by atoms with van der Waals surface area (Å²) in [7, 11) is 3.78. The molecule has 0 aromatic heterocycles. The highest BCUT2D eigenvalue weighted by molar-refractivity contribution is 9.10. The molecule has 0 unspecified atom stereocenters. The second-order valence-electron chi connectivity index (χ2n) is 5.66. The van der Waals surface area contributed by atoms with Crippen molar-refractivity contribution in [2.45, 2.75) is 5.60 Å². The van der Waals surface area contributed by atoms with E-state index in [2.05, 4.69) is 31.9 Å². The standard InChI is InChI=1S/C18H19Br2NO3/c1-21(2)11-12-24-17(22)18(23,13-3-7-15(19)8-4-13)14-5-9-16(20)10-6-14/h3-10,23H,11-12H2,1-2H3. The van der Waals surface area contributed by atoms with Gasteiger partial charge in [0.2, 0.25) is 5.60 Å². The van der Waals surface area contributed by atoms with E-state index in [1.165, 1.54) is 0 Å². The van der Waals surface area contributed by atoms with Gasteiger partial charge in [0.1, 0.15) is 6.61 Å². The van der Waals surface area contributed by atoms with Crippen molar-refractivity contribution >= 4 is 37.8 Å². The number of nitrogens with zero attached hydrogens (tertiary/aromatic N) is 1. The maximum atomic E-state index is 12.7. The first kappa shape index (κ1) is 19.1. The van der Waals surface area contributed by atoms with E-state index in [0.29, 0.717) is 17.7 Å². The molecule has 0 saturated carbocycles.